The van der Waals surface area contributed by atoms with Crippen molar-refractivity contribution in [2.45, 2.75) is 47.6 Å². The number of hydrogen-bond acceptors (Lipinski definition) is 3. The van der Waals surface area contributed by atoms with Gasteiger partial charge in [0.1, 0.15) is 18.1 Å². The van der Waals surface area contributed by atoms with Crippen LogP contribution < -0.4 is 14.8 Å². The molecule has 0 saturated heterocycles. The number of amides is 1. The number of hydrogen-bond donors (Lipinski definition) is 1. The second kappa shape index (κ2) is 9.27. The van der Waals surface area contributed by atoms with Crippen molar-refractivity contribution in [1.82, 2.24) is 5.32 Å². The lowest BCUT2D eigenvalue weighted by Gasteiger charge is -2.16. The lowest BCUT2D eigenvalue weighted by Crippen LogP contribution is -2.24. The van der Waals surface area contributed by atoms with Gasteiger partial charge in [0.15, 0.2) is 0 Å². The number of aryl methyl sites for hydroxylation is 2. The fourth-order valence-corrected chi connectivity index (χ4v) is 2.78. The Morgan fingerprint density at radius 2 is 1.77 bits per heavy atom. The predicted octanol–water partition coefficient (Wildman–Crippen LogP) is 4.73. The summed E-state index contributed by atoms with van der Waals surface area (Å²) in [4.78, 5) is 12.2. The van der Waals surface area contributed by atoms with Gasteiger partial charge < -0.3 is 14.8 Å². The Labute approximate surface area is 156 Å². The number of benzene rings is 2. The Morgan fingerprint density at radius 1 is 1.00 bits per heavy atom. The van der Waals surface area contributed by atoms with Gasteiger partial charge in [0.05, 0.1) is 6.61 Å². The molecule has 0 spiro atoms. The first-order chi connectivity index (χ1) is 12.5. The molecule has 0 heterocycles. The van der Waals surface area contributed by atoms with Crippen LogP contribution in [0.3, 0.4) is 0 Å². The Bertz CT molecular complexity index is 768. The standard InChI is InChI=1S/C22H29NO3/c1-6-10-23-22(24)18-8-9-20(25-7-2)19(13-18)14-26-21-12-15(3)11-16(4)17(21)5/h8-9,11-13H,6-7,10,14H2,1-5H3,(H,23,24). The minimum atomic E-state index is -0.0706. The fourth-order valence-electron chi connectivity index (χ4n) is 2.78. The summed E-state index contributed by atoms with van der Waals surface area (Å²) in [5.74, 6) is 1.55. The van der Waals surface area contributed by atoms with E-state index in [1.807, 2.05) is 32.0 Å². The molecule has 0 aliphatic rings. The summed E-state index contributed by atoms with van der Waals surface area (Å²) in [5, 5.41) is 2.90. The smallest absolute Gasteiger partial charge is 0.251 e. The fraction of sp³-hybridized carbons (Fsp3) is 0.409. The van der Waals surface area contributed by atoms with E-state index in [1.165, 1.54) is 11.1 Å². The topological polar surface area (TPSA) is 47.6 Å². The predicted molar refractivity (Wildman–Crippen MR) is 105 cm³/mol. The van der Waals surface area contributed by atoms with Crippen molar-refractivity contribution in [3.8, 4) is 11.5 Å². The largest absolute Gasteiger partial charge is 0.493 e. The second-order valence-electron chi connectivity index (χ2n) is 6.51. The normalized spacial score (nSPS) is 10.5. The van der Waals surface area contributed by atoms with Crippen LogP contribution >= 0.6 is 0 Å². The summed E-state index contributed by atoms with van der Waals surface area (Å²) >= 11 is 0. The molecule has 1 amide bonds. The SMILES string of the molecule is CCCNC(=O)c1ccc(OCC)c(COc2cc(C)cc(C)c2C)c1. The minimum absolute atomic E-state index is 0.0706. The third-order valence-corrected chi connectivity index (χ3v) is 4.31. The van der Waals surface area contributed by atoms with E-state index in [2.05, 4.69) is 32.2 Å². The quantitative estimate of drug-likeness (QED) is 0.745. The molecule has 4 nitrogen and oxygen atoms in total. The van der Waals surface area contributed by atoms with Gasteiger partial charge in [-0.15, -0.1) is 0 Å². The van der Waals surface area contributed by atoms with Gasteiger partial charge in [0.2, 0.25) is 0 Å². The third kappa shape index (κ3) is 5.01. The maximum absolute atomic E-state index is 12.2. The molecule has 0 saturated carbocycles. The van der Waals surface area contributed by atoms with Crippen LogP contribution in [0.15, 0.2) is 30.3 Å². The lowest BCUT2D eigenvalue weighted by atomic mass is 10.1. The van der Waals surface area contributed by atoms with Gasteiger partial charge in [-0.1, -0.05) is 13.0 Å². The molecule has 0 fully saturated rings. The van der Waals surface area contributed by atoms with Crippen molar-refractivity contribution < 1.29 is 14.3 Å². The van der Waals surface area contributed by atoms with Gasteiger partial charge >= 0.3 is 0 Å². The molecule has 0 aromatic heterocycles. The van der Waals surface area contributed by atoms with Crippen molar-refractivity contribution in [3.05, 3.63) is 58.1 Å². The Kier molecular flexibility index (Phi) is 7.07. The van der Waals surface area contributed by atoms with Crippen LogP contribution in [0.4, 0.5) is 0 Å². The number of carbonyl (C=O) groups is 1. The van der Waals surface area contributed by atoms with Gasteiger partial charge in [-0.25, -0.2) is 0 Å². The average Bonchev–Trinajstić information content (AvgIpc) is 2.62. The number of nitrogens with one attached hydrogen (secondary N) is 1. The highest BCUT2D eigenvalue weighted by molar-refractivity contribution is 5.94. The van der Waals surface area contributed by atoms with Crippen LogP contribution in [-0.4, -0.2) is 19.1 Å². The molecular weight excluding hydrogens is 326 g/mol. The first-order valence-corrected chi connectivity index (χ1v) is 9.20. The maximum Gasteiger partial charge on any atom is 0.251 e. The Balaban J connectivity index is 2.24. The Hall–Kier alpha value is -2.49. The zero-order valence-corrected chi connectivity index (χ0v) is 16.4. The van der Waals surface area contributed by atoms with E-state index in [0.717, 1.165) is 29.0 Å². The molecule has 1 N–H and O–H groups in total. The van der Waals surface area contributed by atoms with E-state index in [-0.39, 0.29) is 5.91 Å². The molecule has 0 aliphatic heterocycles. The van der Waals surface area contributed by atoms with E-state index in [1.54, 1.807) is 6.07 Å². The van der Waals surface area contributed by atoms with Crippen LogP contribution in [0, 0.1) is 20.8 Å². The molecule has 2 aromatic rings. The molecule has 140 valence electrons. The van der Waals surface area contributed by atoms with Crippen LogP contribution in [-0.2, 0) is 6.61 Å². The van der Waals surface area contributed by atoms with Crippen molar-refractivity contribution >= 4 is 5.91 Å². The third-order valence-electron chi connectivity index (χ3n) is 4.31. The zero-order chi connectivity index (χ0) is 19.1. The molecule has 0 bridgehead atoms. The highest BCUT2D eigenvalue weighted by Gasteiger charge is 2.12. The van der Waals surface area contributed by atoms with Crippen molar-refractivity contribution in [3.63, 3.8) is 0 Å². The van der Waals surface area contributed by atoms with Gasteiger partial charge in [-0.2, -0.15) is 0 Å². The van der Waals surface area contributed by atoms with Crippen molar-refractivity contribution in [1.29, 1.82) is 0 Å². The van der Waals surface area contributed by atoms with Crippen LogP contribution in [0.2, 0.25) is 0 Å². The zero-order valence-electron chi connectivity index (χ0n) is 16.4. The summed E-state index contributed by atoms with van der Waals surface area (Å²) in [6.45, 7) is 11.8. The summed E-state index contributed by atoms with van der Waals surface area (Å²) in [7, 11) is 0. The first-order valence-electron chi connectivity index (χ1n) is 9.20. The molecule has 0 aliphatic carbocycles. The minimum Gasteiger partial charge on any atom is -0.493 e. The molecular formula is C22H29NO3. The van der Waals surface area contributed by atoms with Crippen molar-refractivity contribution in [2.24, 2.45) is 0 Å². The second-order valence-corrected chi connectivity index (χ2v) is 6.51. The monoisotopic (exact) mass is 355 g/mol. The van der Waals surface area contributed by atoms with Gasteiger partial charge in [-0.05, 0) is 75.1 Å². The van der Waals surface area contributed by atoms with Crippen LogP contribution in [0.25, 0.3) is 0 Å². The lowest BCUT2D eigenvalue weighted by molar-refractivity contribution is 0.0953. The number of rotatable bonds is 8. The first kappa shape index (κ1) is 19.8. The van der Waals surface area contributed by atoms with Gasteiger partial charge in [0.25, 0.3) is 5.91 Å². The average molecular weight is 355 g/mol. The van der Waals surface area contributed by atoms with Crippen LogP contribution in [0.5, 0.6) is 11.5 Å². The molecule has 26 heavy (non-hydrogen) atoms. The molecule has 0 unspecified atom stereocenters. The molecule has 2 rings (SSSR count). The number of carbonyl (C=O) groups excluding carboxylic acids is 1. The molecule has 0 radical (unpaired) electrons. The van der Waals surface area contributed by atoms with Crippen molar-refractivity contribution in [2.75, 3.05) is 13.2 Å². The van der Waals surface area contributed by atoms with Gasteiger partial charge in [0, 0.05) is 17.7 Å². The van der Waals surface area contributed by atoms with E-state index in [9.17, 15) is 4.79 Å². The summed E-state index contributed by atoms with van der Waals surface area (Å²) < 4.78 is 11.8. The summed E-state index contributed by atoms with van der Waals surface area (Å²) in [5.41, 5.74) is 5.00. The molecule has 0 atom stereocenters. The van der Waals surface area contributed by atoms with Crippen LogP contribution in [0.1, 0.15) is 52.9 Å². The Morgan fingerprint density at radius 3 is 2.46 bits per heavy atom. The van der Waals surface area contributed by atoms with E-state index >= 15 is 0 Å². The summed E-state index contributed by atoms with van der Waals surface area (Å²) in [6.07, 6.45) is 0.907. The van der Waals surface area contributed by atoms with E-state index < -0.39 is 0 Å². The van der Waals surface area contributed by atoms with Gasteiger partial charge in [-0.3, -0.25) is 4.79 Å². The highest BCUT2D eigenvalue weighted by atomic mass is 16.5. The maximum atomic E-state index is 12.2. The highest BCUT2D eigenvalue weighted by Crippen LogP contribution is 2.27. The number of ether oxygens (including phenoxy) is 2. The van der Waals surface area contributed by atoms with E-state index in [0.29, 0.717) is 25.3 Å². The molecule has 2 aromatic carbocycles. The van der Waals surface area contributed by atoms with E-state index in [4.69, 9.17) is 9.47 Å². The summed E-state index contributed by atoms with van der Waals surface area (Å²) in [6, 6.07) is 9.68. The molecule has 4 heteroatoms.